The summed E-state index contributed by atoms with van der Waals surface area (Å²) in [5.74, 6) is 0.193. The van der Waals surface area contributed by atoms with Crippen LogP contribution in [-0.2, 0) is 31.1 Å². The SMILES string of the molecule is CCCCNCc1ccc2nc(-c3cccc(-c4cccc(COc5cc(OCc6cncc(C#N)c6)c(CNCCCC(=O)O)cc5Cl)c4C)c3C)cn2c1. The molecule has 0 aliphatic rings. The van der Waals surface area contributed by atoms with Crippen molar-refractivity contribution in [3.8, 4) is 40.0 Å². The molecule has 0 radical (unpaired) electrons. The van der Waals surface area contributed by atoms with Crippen molar-refractivity contribution in [3.63, 3.8) is 0 Å². The van der Waals surface area contributed by atoms with E-state index in [2.05, 4.69) is 102 Å². The number of pyridine rings is 2. The predicted octanol–water partition coefficient (Wildman–Crippen LogP) is 9.21. The molecule has 56 heavy (non-hydrogen) atoms. The smallest absolute Gasteiger partial charge is 0.303 e. The Balaban J connectivity index is 1.20. The zero-order valence-electron chi connectivity index (χ0n) is 32.1. The van der Waals surface area contributed by atoms with Gasteiger partial charge in [0.2, 0.25) is 0 Å². The lowest BCUT2D eigenvalue weighted by atomic mass is 9.91. The number of carboxylic acid groups (broad SMARTS) is 1. The van der Waals surface area contributed by atoms with Crippen molar-refractivity contribution in [1.29, 1.82) is 5.26 Å². The number of rotatable bonds is 19. The van der Waals surface area contributed by atoms with E-state index in [1.165, 1.54) is 24.6 Å². The van der Waals surface area contributed by atoms with Gasteiger partial charge in [0, 0.05) is 67.1 Å². The Labute approximate surface area is 333 Å². The van der Waals surface area contributed by atoms with Gasteiger partial charge in [-0.25, -0.2) is 4.98 Å². The number of halogens is 1. The van der Waals surface area contributed by atoms with Gasteiger partial charge >= 0.3 is 5.97 Å². The predicted molar refractivity (Wildman–Crippen MR) is 220 cm³/mol. The number of nitrogens with zero attached hydrogens (tertiary/aromatic N) is 4. The number of carboxylic acids is 1. The van der Waals surface area contributed by atoms with E-state index in [0.29, 0.717) is 41.6 Å². The molecule has 0 saturated carbocycles. The number of aliphatic carboxylic acids is 1. The lowest BCUT2D eigenvalue weighted by molar-refractivity contribution is -0.137. The standard InChI is InChI=1S/C45H47ClN6O4/c1-4-5-16-48-22-32-14-15-44-51-41(27-52(44)26-32)39-12-7-11-38(31(39)3)37-10-6-9-35(30(37)2)29-56-43-20-42(55-28-34-18-33(21-47)23-50-24-34)36(19-40(43)46)25-49-17-8-13-45(53)54/h6-7,9-12,14-15,18-20,23-24,26-27,48-49H,4-5,8,13,16-17,22,25,28-29H2,1-3H3,(H,53,54). The summed E-state index contributed by atoms with van der Waals surface area (Å²) in [5.41, 5.74) is 11.6. The molecule has 0 aliphatic heterocycles. The van der Waals surface area contributed by atoms with E-state index in [4.69, 9.17) is 31.2 Å². The molecular weight excluding hydrogens is 724 g/mol. The van der Waals surface area contributed by atoms with Crippen LogP contribution in [0.25, 0.3) is 28.0 Å². The van der Waals surface area contributed by atoms with Gasteiger partial charge in [0.1, 0.15) is 36.4 Å². The largest absolute Gasteiger partial charge is 0.488 e. The van der Waals surface area contributed by atoms with Crippen LogP contribution in [0.2, 0.25) is 5.02 Å². The first kappa shape index (κ1) is 39.9. The van der Waals surface area contributed by atoms with Gasteiger partial charge < -0.3 is 29.6 Å². The van der Waals surface area contributed by atoms with Crippen molar-refractivity contribution in [2.75, 3.05) is 13.1 Å². The second-order valence-electron chi connectivity index (χ2n) is 13.9. The Bertz CT molecular complexity index is 2350. The molecule has 0 amide bonds. The maximum Gasteiger partial charge on any atom is 0.303 e. The fourth-order valence-electron chi connectivity index (χ4n) is 6.63. The molecule has 6 rings (SSSR count). The molecule has 0 fully saturated rings. The van der Waals surface area contributed by atoms with Gasteiger partial charge in [0.05, 0.1) is 16.3 Å². The van der Waals surface area contributed by atoms with Crippen molar-refractivity contribution < 1.29 is 19.4 Å². The van der Waals surface area contributed by atoms with Gasteiger partial charge in [0.25, 0.3) is 0 Å². The highest BCUT2D eigenvalue weighted by atomic mass is 35.5. The molecule has 0 aliphatic carbocycles. The third-order valence-electron chi connectivity index (χ3n) is 9.77. The van der Waals surface area contributed by atoms with Gasteiger partial charge in [-0.15, -0.1) is 0 Å². The van der Waals surface area contributed by atoms with Crippen LogP contribution in [-0.4, -0.2) is 38.5 Å². The summed E-state index contributed by atoms with van der Waals surface area (Å²) in [4.78, 5) is 20.1. The van der Waals surface area contributed by atoms with Crippen LogP contribution >= 0.6 is 11.6 Å². The quantitative estimate of drug-likeness (QED) is 0.0690. The Morgan fingerprint density at radius 3 is 2.39 bits per heavy atom. The number of nitrogens with one attached hydrogen (secondary N) is 2. The van der Waals surface area contributed by atoms with Crippen molar-refractivity contribution in [2.45, 2.75) is 72.8 Å². The number of aromatic nitrogens is 3. The third kappa shape index (κ3) is 10.1. The minimum absolute atomic E-state index is 0.0812. The lowest BCUT2D eigenvalue weighted by Gasteiger charge is -2.18. The van der Waals surface area contributed by atoms with E-state index in [-0.39, 0.29) is 19.6 Å². The lowest BCUT2D eigenvalue weighted by Crippen LogP contribution is -2.16. The number of unbranched alkanes of at least 4 members (excludes halogenated alkanes) is 1. The molecule has 0 spiro atoms. The molecule has 0 saturated heterocycles. The van der Waals surface area contributed by atoms with E-state index in [1.807, 2.05) is 12.1 Å². The monoisotopic (exact) mass is 770 g/mol. The zero-order valence-corrected chi connectivity index (χ0v) is 32.8. The summed E-state index contributed by atoms with van der Waals surface area (Å²) in [6, 6.07) is 24.3. The summed E-state index contributed by atoms with van der Waals surface area (Å²) < 4.78 is 14.7. The molecule has 0 bridgehead atoms. The highest BCUT2D eigenvalue weighted by Crippen LogP contribution is 2.37. The Morgan fingerprint density at radius 1 is 0.839 bits per heavy atom. The minimum Gasteiger partial charge on any atom is -0.488 e. The van der Waals surface area contributed by atoms with E-state index in [0.717, 1.165) is 68.9 Å². The molecule has 288 valence electrons. The molecule has 10 nitrogen and oxygen atoms in total. The van der Waals surface area contributed by atoms with Crippen LogP contribution in [0.3, 0.4) is 0 Å². The van der Waals surface area contributed by atoms with Crippen molar-refractivity contribution in [3.05, 3.63) is 135 Å². The van der Waals surface area contributed by atoms with Gasteiger partial charge in [0.15, 0.2) is 0 Å². The Kier molecular flexibility index (Phi) is 13.7. The topological polar surface area (TPSA) is 134 Å². The van der Waals surface area contributed by atoms with Crippen LogP contribution in [0.4, 0.5) is 0 Å². The molecule has 6 aromatic rings. The molecule has 11 heteroatoms. The highest BCUT2D eigenvalue weighted by Gasteiger charge is 2.16. The van der Waals surface area contributed by atoms with Crippen LogP contribution in [0, 0.1) is 25.2 Å². The fourth-order valence-corrected chi connectivity index (χ4v) is 6.88. The van der Waals surface area contributed by atoms with Gasteiger partial charge in [-0.3, -0.25) is 9.78 Å². The molecule has 0 unspecified atom stereocenters. The molecule has 3 aromatic heterocycles. The van der Waals surface area contributed by atoms with Crippen LogP contribution in [0.5, 0.6) is 11.5 Å². The van der Waals surface area contributed by atoms with Crippen molar-refractivity contribution in [2.24, 2.45) is 0 Å². The summed E-state index contributed by atoms with van der Waals surface area (Å²) in [7, 11) is 0. The highest BCUT2D eigenvalue weighted by molar-refractivity contribution is 6.32. The molecular formula is C45H47ClN6O4. The van der Waals surface area contributed by atoms with Gasteiger partial charge in [-0.05, 0) is 91.4 Å². The average Bonchev–Trinajstić information content (AvgIpc) is 3.62. The summed E-state index contributed by atoms with van der Waals surface area (Å²) in [5, 5.41) is 25.5. The Hall–Kier alpha value is -5.73. The third-order valence-corrected chi connectivity index (χ3v) is 10.1. The Morgan fingerprint density at radius 2 is 1.59 bits per heavy atom. The minimum atomic E-state index is -0.832. The molecule has 3 N–H and O–H groups in total. The number of nitriles is 1. The number of hydrogen-bond donors (Lipinski definition) is 3. The fraction of sp³-hybridized carbons (Fsp3) is 0.289. The van der Waals surface area contributed by atoms with E-state index in [1.54, 1.807) is 18.3 Å². The first-order valence-electron chi connectivity index (χ1n) is 19.0. The number of benzene rings is 3. The van der Waals surface area contributed by atoms with Gasteiger partial charge in [-0.2, -0.15) is 5.26 Å². The average molecular weight is 771 g/mol. The number of ether oxygens (including phenoxy) is 2. The van der Waals surface area contributed by atoms with E-state index < -0.39 is 5.97 Å². The first-order chi connectivity index (χ1) is 27.2. The second kappa shape index (κ2) is 19.2. The first-order valence-corrected chi connectivity index (χ1v) is 19.3. The van der Waals surface area contributed by atoms with Crippen LogP contribution < -0.4 is 20.1 Å². The second-order valence-corrected chi connectivity index (χ2v) is 14.3. The van der Waals surface area contributed by atoms with Gasteiger partial charge in [-0.1, -0.05) is 67.4 Å². The molecule has 3 heterocycles. The number of carbonyl (C=O) groups is 1. The summed E-state index contributed by atoms with van der Waals surface area (Å²) >= 11 is 6.80. The molecule has 0 atom stereocenters. The number of fused-ring (bicyclic) bond motifs is 1. The summed E-state index contributed by atoms with van der Waals surface area (Å²) in [6.07, 6.45) is 10.3. The normalized spacial score (nSPS) is 11.1. The van der Waals surface area contributed by atoms with E-state index >= 15 is 0 Å². The number of hydrogen-bond acceptors (Lipinski definition) is 8. The van der Waals surface area contributed by atoms with Crippen LogP contribution in [0.15, 0.2) is 91.5 Å². The number of imidazole rings is 1. The zero-order chi connectivity index (χ0) is 39.4. The summed E-state index contributed by atoms with van der Waals surface area (Å²) in [6.45, 7) is 9.69. The molecule has 3 aromatic carbocycles. The maximum atomic E-state index is 11.0. The van der Waals surface area contributed by atoms with Crippen LogP contribution in [0.1, 0.15) is 71.6 Å². The maximum absolute atomic E-state index is 11.0. The van der Waals surface area contributed by atoms with Crippen molar-refractivity contribution in [1.82, 2.24) is 25.0 Å². The van der Waals surface area contributed by atoms with E-state index in [9.17, 15) is 10.1 Å². The van der Waals surface area contributed by atoms with Crippen molar-refractivity contribution >= 4 is 23.2 Å².